The van der Waals surface area contributed by atoms with E-state index in [4.69, 9.17) is 4.74 Å². The van der Waals surface area contributed by atoms with Crippen LogP contribution in [0.25, 0.3) is 11.3 Å². The van der Waals surface area contributed by atoms with Crippen molar-refractivity contribution >= 4 is 5.91 Å². The van der Waals surface area contributed by atoms with Crippen LogP contribution in [-0.4, -0.2) is 28.0 Å². The van der Waals surface area contributed by atoms with Crippen molar-refractivity contribution in [3.63, 3.8) is 0 Å². The Bertz CT molecular complexity index is 749. The monoisotopic (exact) mass is 279 g/mol. The molecule has 0 radical (unpaired) electrons. The van der Waals surface area contributed by atoms with Crippen molar-refractivity contribution in [3.8, 4) is 17.0 Å². The first-order valence-corrected chi connectivity index (χ1v) is 6.44. The van der Waals surface area contributed by atoms with Crippen LogP contribution in [-0.2, 0) is 0 Å². The van der Waals surface area contributed by atoms with Crippen molar-refractivity contribution in [1.29, 1.82) is 0 Å². The molecule has 1 heterocycles. The minimum atomic E-state index is -0.278. The fourth-order valence-corrected chi connectivity index (χ4v) is 1.95. The first-order valence-electron chi connectivity index (χ1n) is 6.44. The second-order valence-corrected chi connectivity index (χ2v) is 4.42. The van der Waals surface area contributed by atoms with Gasteiger partial charge >= 0.3 is 0 Å². The van der Waals surface area contributed by atoms with Gasteiger partial charge in [0.1, 0.15) is 11.4 Å². The Labute approximate surface area is 121 Å². The van der Waals surface area contributed by atoms with Crippen molar-refractivity contribution in [2.24, 2.45) is 0 Å². The number of hydrogen-bond acceptors (Lipinski definition) is 4. The molecule has 0 aliphatic carbocycles. The van der Waals surface area contributed by atoms with E-state index in [-0.39, 0.29) is 5.91 Å². The molecule has 5 nitrogen and oxygen atoms in total. The number of ether oxygens (including phenoxy) is 1. The molecule has 0 atom stereocenters. The maximum absolute atomic E-state index is 12.3. The molecule has 0 unspecified atom stereocenters. The normalized spacial score (nSPS) is 10.3. The zero-order valence-corrected chi connectivity index (χ0v) is 11.4. The first kappa shape index (κ1) is 13.1. The number of carbonyl (C=O) groups excluding carboxylic acids is 1. The van der Waals surface area contributed by atoms with Crippen LogP contribution in [0.5, 0.6) is 5.75 Å². The lowest BCUT2D eigenvalue weighted by atomic mass is 10.2. The fourth-order valence-electron chi connectivity index (χ4n) is 1.95. The van der Waals surface area contributed by atoms with E-state index < -0.39 is 0 Å². The Hall–Kier alpha value is -2.95. The number of rotatable bonds is 3. The quantitative estimate of drug-likeness (QED) is 0.739. The largest absolute Gasteiger partial charge is 0.497 e. The summed E-state index contributed by atoms with van der Waals surface area (Å²) in [6, 6.07) is 16.4. The molecular formula is C16H13N3O2. The van der Waals surface area contributed by atoms with Crippen molar-refractivity contribution in [2.75, 3.05) is 7.11 Å². The van der Waals surface area contributed by atoms with Crippen LogP contribution in [0, 0.1) is 0 Å². The van der Waals surface area contributed by atoms with E-state index in [0.717, 1.165) is 10.4 Å². The molecule has 1 aromatic heterocycles. The summed E-state index contributed by atoms with van der Waals surface area (Å²) >= 11 is 0. The van der Waals surface area contributed by atoms with Gasteiger partial charge in [0, 0.05) is 11.1 Å². The Kier molecular flexibility index (Phi) is 3.47. The molecule has 5 heteroatoms. The lowest BCUT2D eigenvalue weighted by molar-refractivity contribution is 0.0927. The van der Waals surface area contributed by atoms with Crippen LogP contribution < -0.4 is 4.74 Å². The predicted octanol–water partition coefficient (Wildman–Crippen LogP) is 2.64. The average molecular weight is 279 g/mol. The average Bonchev–Trinajstić information content (AvgIpc) is 3.05. The minimum Gasteiger partial charge on any atom is -0.497 e. The molecule has 0 amide bonds. The van der Waals surface area contributed by atoms with Crippen LogP contribution in [0.4, 0.5) is 0 Å². The van der Waals surface area contributed by atoms with E-state index in [9.17, 15) is 4.79 Å². The fraction of sp³-hybridized carbons (Fsp3) is 0.0625. The first-order chi connectivity index (χ1) is 10.3. The molecule has 21 heavy (non-hydrogen) atoms. The standard InChI is InChI=1S/C16H13N3O2/c1-21-14-9-7-13(8-10-14)16(20)19-17-11-15(18-19)12-5-3-2-4-6-12/h2-11H,1H3. The zero-order valence-electron chi connectivity index (χ0n) is 11.4. The van der Waals surface area contributed by atoms with Crippen molar-refractivity contribution in [2.45, 2.75) is 0 Å². The third-order valence-corrected chi connectivity index (χ3v) is 3.08. The molecule has 0 aliphatic heterocycles. The molecule has 104 valence electrons. The summed E-state index contributed by atoms with van der Waals surface area (Å²) in [5.41, 5.74) is 2.09. The highest BCUT2D eigenvalue weighted by molar-refractivity contribution is 5.94. The topological polar surface area (TPSA) is 57.0 Å². The van der Waals surface area contributed by atoms with Crippen molar-refractivity contribution in [3.05, 3.63) is 66.4 Å². The van der Waals surface area contributed by atoms with Gasteiger partial charge < -0.3 is 4.74 Å². The second-order valence-electron chi connectivity index (χ2n) is 4.42. The van der Waals surface area contributed by atoms with Gasteiger partial charge in [-0.1, -0.05) is 30.3 Å². The Morgan fingerprint density at radius 2 is 1.76 bits per heavy atom. The van der Waals surface area contributed by atoms with Gasteiger partial charge in [0.2, 0.25) is 0 Å². The van der Waals surface area contributed by atoms with E-state index in [1.165, 1.54) is 0 Å². The predicted molar refractivity (Wildman–Crippen MR) is 78.2 cm³/mol. The number of hydrogen-bond donors (Lipinski definition) is 0. The minimum absolute atomic E-state index is 0.278. The smallest absolute Gasteiger partial charge is 0.295 e. The Morgan fingerprint density at radius 1 is 1.05 bits per heavy atom. The van der Waals surface area contributed by atoms with Crippen LogP contribution in [0.1, 0.15) is 10.4 Å². The zero-order chi connectivity index (χ0) is 14.7. The van der Waals surface area contributed by atoms with E-state index >= 15 is 0 Å². The number of nitrogens with zero attached hydrogens (tertiary/aromatic N) is 3. The highest BCUT2D eigenvalue weighted by Crippen LogP contribution is 2.16. The summed E-state index contributed by atoms with van der Waals surface area (Å²) in [5, 5.41) is 8.26. The van der Waals surface area contributed by atoms with Gasteiger partial charge in [-0.25, -0.2) is 0 Å². The molecule has 0 saturated carbocycles. The van der Waals surface area contributed by atoms with E-state index in [2.05, 4.69) is 10.2 Å². The number of methoxy groups -OCH3 is 1. The van der Waals surface area contributed by atoms with Gasteiger partial charge in [0.15, 0.2) is 0 Å². The lowest BCUT2D eigenvalue weighted by Gasteiger charge is -2.01. The van der Waals surface area contributed by atoms with Gasteiger partial charge in [-0.2, -0.15) is 5.10 Å². The number of benzene rings is 2. The summed E-state index contributed by atoms with van der Waals surface area (Å²) in [5.74, 6) is 0.421. The van der Waals surface area contributed by atoms with Crippen LogP contribution >= 0.6 is 0 Å². The third-order valence-electron chi connectivity index (χ3n) is 3.08. The lowest BCUT2D eigenvalue weighted by Crippen LogP contribution is -2.15. The maximum atomic E-state index is 12.3. The Morgan fingerprint density at radius 3 is 2.43 bits per heavy atom. The summed E-state index contributed by atoms with van der Waals surface area (Å²) in [7, 11) is 1.58. The molecule has 2 aromatic carbocycles. The van der Waals surface area contributed by atoms with Gasteiger partial charge in [0.05, 0.1) is 13.3 Å². The molecule has 0 fully saturated rings. The number of aromatic nitrogens is 3. The Balaban J connectivity index is 1.87. The van der Waals surface area contributed by atoms with Gasteiger partial charge in [-0.05, 0) is 24.3 Å². The summed E-state index contributed by atoms with van der Waals surface area (Å²) in [4.78, 5) is 13.4. The number of carbonyl (C=O) groups is 1. The summed E-state index contributed by atoms with van der Waals surface area (Å²) < 4.78 is 5.07. The molecule has 0 bridgehead atoms. The second kappa shape index (κ2) is 5.58. The molecular weight excluding hydrogens is 266 g/mol. The molecule has 0 spiro atoms. The highest BCUT2D eigenvalue weighted by atomic mass is 16.5. The van der Waals surface area contributed by atoms with Crippen LogP contribution in [0.2, 0.25) is 0 Å². The van der Waals surface area contributed by atoms with Crippen LogP contribution in [0.3, 0.4) is 0 Å². The molecule has 0 aliphatic rings. The van der Waals surface area contributed by atoms with E-state index in [1.54, 1.807) is 37.6 Å². The molecule has 3 rings (SSSR count). The SMILES string of the molecule is COc1ccc(C(=O)n2ncc(-c3ccccc3)n2)cc1. The third kappa shape index (κ3) is 2.67. The van der Waals surface area contributed by atoms with E-state index in [0.29, 0.717) is 17.0 Å². The van der Waals surface area contributed by atoms with Crippen molar-refractivity contribution < 1.29 is 9.53 Å². The van der Waals surface area contributed by atoms with Crippen molar-refractivity contribution in [1.82, 2.24) is 15.0 Å². The summed E-state index contributed by atoms with van der Waals surface area (Å²) in [6.45, 7) is 0. The van der Waals surface area contributed by atoms with Gasteiger partial charge in [-0.3, -0.25) is 4.79 Å². The van der Waals surface area contributed by atoms with Crippen LogP contribution in [0.15, 0.2) is 60.8 Å². The molecule has 0 N–H and O–H groups in total. The maximum Gasteiger partial charge on any atom is 0.295 e. The van der Waals surface area contributed by atoms with Gasteiger partial charge in [0.25, 0.3) is 5.91 Å². The summed E-state index contributed by atoms with van der Waals surface area (Å²) in [6.07, 6.45) is 1.58. The molecule has 0 saturated heterocycles. The van der Waals surface area contributed by atoms with Gasteiger partial charge in [-0.15, -0.1) is 9.90 Å². The van der Waals surface area contributed by atoms with E-state index in [1.807, 2.05) is 30.3 Å². The molecule has 3 aromatic rings. The highest BCUT2D eigenvalue weighted by Gasteiger charge is 2.12.